The number of carbonyl (C=O) groups excluding carboxylic acids is 5. The van der Waals surface area contributed by atoms with Crippen LogP contribution < -0.4 is 5.32 Å². The highest BCUT2D eigenvalue weighted by Crippen LogP contribution is 2.65. The zero-order chi connectivity index (χ0) is 36.3. The van der Waals surface area contributed by atoms with E-state index in [1.165, 1.54) is 19.3 Å². The Morgan fingerprint density at radius 2 is 1.52 bits per heavy atom. The lowest BCUT2D eigenvalue weighted by molar-refractivity contribution is -0.145. The highest BCUT2D eigenvalue weighted by molar-refractivity contribution is 7.92. The van der Waals surface area contributed by atoms with Gasteiger partial charge >= 0.3 is 0 Å². The van der Waals surface area contributed by atoms with Gasteiger partial charge in [0.2, 0.25) is 11.7 Å². The number of Topliss-reactive ketones (excluding diaryl/α,β-unsaturated/α-hetero) is 3. The van der Waals surface area contributed by atoms with E-state index in [4.69, 9.17) is 0 Å². The first-order valence-electron chi connectivity index (χ1n) is 20.1. The van der Waals surface area contributed by atoms with Crippen LogP contribution in [0, 0.1) is 34.5 Å². The number of likely N-dealkylation sites (tertiary alicyclic amines) is 1. The molecule has 2 saturated heterocycles. The minimum absolute atomic E-state index is 0.00505. The molecule has 9 nitrogen and oxygen atoms in total. The average Bonchev–Trinajstić information content (AvgIpc) is 3.85. The van der Waals surface area contributed by atoms with Gasteiger partial charge in [-0.15, -0.1) is 0 Å². The van der Waals surface area contributed by atoms with Crippen molar-refractivity contribution in [3.05, 3.63) is 0 Å². The summed E-state index contributed by atoms with van der Waals surface area (Å²) in [6, 6.07) is -0.610. The highest BCUT2D eigenvalue weighted by Gasteiger charge is 2.69. The third kappa shape index (κ3) is 8.91. The predicted octanol–water partition coefficient (Wildman–Crippen LogP) is 6.55. The molecule has 0 bridgehead atoms. The lowest BCUT2D eigenvalue weighted by Crippen LogP contribution is -2.49. The molecule has 5 rings (SSSR count). The molecule has 5 aliphatic rings. The Bertz CT molecular complexity index is 1380. The van der Waals surface area contributed by atoms with E-state index in [9.17, 15) is 32.4 Å². The van der Waals surface area contributed by atoms with Crippen molar-refractivity contribution < 1.29 is 32.4 Å². The van der Waals surface area contributed by atoms with Gasteiger partial charge in [-0.2, -0.15) is 0 Å². The van der Waals surface area contributed by atoms with Crippen molar-refractivity contribution in [3.63, 3.8) is 0 Å². The van der Waals surface area contributed by atoms with Gasteiger partial charge < -0.3 is 10.2 Å². The fourth-order valence-corrected chi connectivity index (χ4v) is 12.5. The number of sulfone groups is 1. The number of hydrogen-bond acceptors (Lipinski definition) is 7. The summed E-state index contributed by atoms with van der Waals surface area (Å²) >= 11 is 0. The molecule has 5 fully saturated rings. The van der Waals surface area contributed by atoms with Gasteiger partial charge in [-0.1, -0.05) is 91.9 Å². The average molecular weight is 717 g/mol. The fourth-order valence-electron chi connectivity index (χ4n) is 10.1. The normalized spacial score (nSPS) is 28.8. The summed E-state index contributed by atoms with van der Waals surface area (Å²) in [6.07, 6.45) is 15.8. The third-order valence-corrected chi connectivity index (χ3v) is 15.8. The van der Waals surface area contributed by atoms with Crippen LogP contribution in [0.15, 0.2) is 0 Å². The Hall–Kier alpha value is -2.10. The van der Waals surface area contributed by atoms with Crippen molar-refractivity contribution in [2.24, 2.45) is 34.5 Å². The Morgan fingerprint density at radius 3 is 2.14 bits per heavy atom. The maximum Gasteiger partial charge on any atom is 0.287 e. The summed E-state index contributed by atoms with van der Waals surface area (Å²) < 4.78 is 26.3. The number of amides is 2. The SMILES string of the molecule is CCCCCCCCC[C@H](CC(=O)CC1(C2CCCS2(=O)=O)CCCCC1)C(=O)N1C[C@H]2[C@@H]([C@H]1C(=O)C[C@@H](C)C(=O)C(=O)NC1CC1)C2(C)C. The fraction of sp³-hybridized carbons (Fsp3) is 0.875. The van der Waals surface area contributed by atoms with E-state index in [1.54, 1.807) is 11.8 Å². The molecule has 0 spiro atoms. The van der Waals surface area contributed by atoms with Gasteiger partial charge in [0, 0.05) is 43.7 Å². The molecule has 0 aromatic rings. The smallest absolute Gasteiger partial charge is 0.287 e. The molecule has 6 atom stereocenters. The maximum atomic E-state index is 14.6. The standard InChI is InChI=1S/C40H64N2O7S/c1-5-6-7-8-9-10-12-16-28(24-30(43)25-40(20-13-11-14-21-40)33-17-15-22-50(33,48)49)38(47)42-26-31-34(39(31,3)4)35(42)32(44)23-27(2)36(45)37(46)41-29-18-19-29/h27-29,31,33-35H,5-26H2,1-4H3,(H,41,46)/t27-,28-,31+,33?,34+,35-/m1/s1. The number of fused-ring (bicyclic) bond motifs is 1. The van der Waals surface area contributed by atoms with Crippen LogP contribution in [0.2, 0.25) is 0 Å². The predicted molar refractivity (Wildman–Crippen MR) is 194 cm³/mol. The van der Waals surface area contributed by atoms with E-state index in [-0.39, 0.29) is 65.8 Å². The molecule has 10 heteroatoms. The molecule has 50 heavy (non-hydrogen) atoms. The Labute approximate surface area is 301 Å². The molecular weight excluding hydrogens is 653 g/mol. The number of hydrogen-bond donors (Lipinski definition) is 1. The molecule has 0 aromatic heterocycles. The van der Waals surface area contributed by atoms with Crippen molar-refractivity contribution >= 4 is 39.0 Å². The van der Waals surface area contributed by atoms with E-state index < -0.39 is 50.1 Å². The number of piperidine rings is 1. The molecule has 3 aliphatic carbocycles. The van der Waals surface area contributed by atoms with Crippen LogP contribution in [0.1, 0.15) is 156 Å². The molecule has 2 heterocycles. The van der Waals surface area contributed by atoms with Crippen LogP contribution in [0.4, 0.5) is 0 Å². The van der Waals surface area contributed by atoms with Crippen molar-refractivity contribution in [3.8, 4) is 0 Å². The maximum absolute atomic E-state index is 14.6. The van der Waals surface area contributed by atoms with Gasteiger partial charge in [-0.25, -0.2) is 8.42 Å². The van der Waals surface area contributed by atoms with E-state index in [2.05, 4.69) is 26.1 Å². The Morgan fingerprint density at radius 1 is 0.860 bits per heavy atom. The second-order valence-electron chi connectivity index (χ2n) is 17.5. The van der Waals surface area contributed by atoms with Crippen LogP contribution >= 0.6 is 0 Å². The molecular formula is C40H64N2O7S. The molecule has 3 saturated carbocycles. The number of rotatable bonds is 20. The second-order valence-corrected chi connectivity index (χ2v) is 19.8. The molecule has 282 valence electrons. The summed E-state index contributed by atoms with van der Waals surface area (Å²) in [6.45, 7) is 8.53. The van der Waals surface area contributed by atoms with Crippen LogP contribution in [-0.4, -0.2) is 72.1 Å². The summed E-state index contributed by atoms with van der Waals surface area (Å²) in [5, 5.41) is 2.26. The van der Waals surface area contributed by atoms with Crippen molar-refractivity contribution in [1.82, 2.24) is 10.2 Å². The van der Waals surface area contributed by atoms with E-state index in [0.717, 1.165) is 70.6 Å². The van der Waals surface area contributed by atoms with Gasteiger partial charge in [0.25, 0.3) is 5.91 Å². The van der Waals surface area contributed by atoms with Gasteiger partial charge in [0.05, 0.1) is 17.0 Å². The van der Waals surface area contributed by atoms with Gasteiger partial charge in [-0.3, -0.25) is 24.0 Å². The first kappa shape index (κ1) is 39.1. The Kier molecular flexibility index (Phi) is 12.7. The molecule has 2 aliphatic heterocycles. The molecule has 1 N–H and O–H groups in total. The van der Waals surface area contributed by atoms with Crippen LogP contribution in [0.3, 0.4) is 0 Å². The van der Waals surface area contributed by atoms with Crippen LogP contribution in [0.5, 0.6) is 0 Å². The van der Waals surface area contributed by atoms with E-state index >= 15 is 0 Å². The number of carbonyl (C=O) groups is 5. The largest absolute Gasteiger partial charge is 0.347 e. The third-order valence-electron chi connectivity index (χ3n) is 13.3. The molecule has 0 aromatic carbocycles. The lowest BCUT2D eigenvalue weighted by atomic mass is 9.67. The summed E-state index contributed by atoms with van der Waals surface area (Å²) in [4.78, 5) is 69.7. The van der Waals surface area contributed by atoms with Crippen LogP contribution in [-0.2, 0) is 33.8 Å². The quantitative estimate of drug-likeness (QED) is 0.112. The zero-order valence-electron chi connectivity index (χ0n) is 31.3. The van der Waals surface area contributed by atoms with Crippen molar-refractivity contribution in [2.45, 2.75) is 173 Å². The number of unbranched alkanes of at least 4 members (excludes halogenated alkanes) is 6. The van der Waals surface area contributed by atoms with Gasteiger partial charge in [0.15, 0.2) is 15.6 Å². The van der Waals surface area contributed by atoms with Crippen molar-refractivity contribution in [1.29, 1.82) is 0 Å². The first-order chi connectivity index (χ1) is 23.7. The van der Waals surface area contributed by atoms with Gasteiger partial charge in [-0.05, 0) is 67.6 Å². The molecule has 1 unspecified atom stereocenters. The topological polar surface area (TPSA) is 135 Å². The minimum Gasteiger partial charge on any atom is -0.347 e. The first-order valence-corrected chi connectivity index (χ1v) is 21.8. The number of ketones is 3. The summed E-state index contributed by atoms with van der Waals surface area (Å²) in [7, 11) is -3.24. The number of nitrogens with one attached hydrogen (secondary N) is 1. The highest BCUT2D eigenvalue weighted by atomic mass is 32.2. The molecule has 2 amide bonds. The second kappa shape index (κ2) is 16.3. The van der Waals surface area contributed by atoms with Gasteiger partial charge in [0.1, 0.15) is 5.78 Å². The van der Waals surface area contributed by atoms with Crippen LogP contribution in [0.25, 0.3) is 0 Å². The zero-order valence-corrected chi connectivity index (χ0v) is 32.1. The number of nitrogens with zero attached hydrogens (tertiary/aromatic N) is 1. The summed E-state index contributed by atoms with van der Waals surface area (Å²) in [5.41, 5.74) is -0.637. The Balaban J connectivity index is 1.30. The summed E-state index contributed by atoms with van der Waals surface area (Å²) in [5.74, 6) is -2.53. The van der Waals surface area contributed by atoms with Crippen molar-refractivity contribution in [2.75, 3.05) is 12.3 Å². The van der Waals surface area contributed by atoms with E-state index in [0.29, 0.717) is 25.8 Å². The molecule has 0 radical (unpaired) electrons. The minimum atomic E-state index is -3.24. The monoisotopic (exact) mass is 716 g/mol. The lowest BCUT2D eigenvalue weighted by Gasteiger charge is -2.41. The van der Waals surface area contributed by atoms with E-state index in [1.807, 2.05) is 0 Å².